The summed E-state index contributed by atoms with van der Waals surface area (Å²) in [6.45, 7) is 31.7. The van der Waals surface area contributed by atoms with Gasteiger partial charge in [0.25, 0.3) is 5.56 Å². The van der Waals surface area contributed by atoms with Crippen molar-refractivity contribution in [3.63, 3.8) is 0 Å². The largest absolute Gasteiger partial charge is 0.463 e. The molecule has 0 aliphatic carbocycles. The summed E-state index contributed by atoms with van der Waals surface area (Å²) in [5, 5.41) is 3.81. The highest BCUT2D eigenvalue weighted by atomic mass is 16.6. The fourth-order valence-corrected chi connectivity index (χ4v) is 10.6. The fourth-order valence-electron chi connectivity index (χ4n) is 10.6. The Morgan fingerprint density at radius 3 is 1.24 bits per heavy atom. The smallest absolute Gasteiger partial charge is 0.410 e. The lowest BCUT2D eigenvalue weighted by Crippen LogP contribution is -2.48. The first-order valence-corrected chi connectivity index (χ1v) is 33.5. The molecule has 30 nitrogen and oxygen atoms in total. The van der Waals surface area contributed by atoms with Crippen molar-refractivity contribution in [2.24, 2.45) is 5.11 Å². The van der Waals surface area contributed by atoms with Gasteiger partial charge in [0.15, 0.2) is 0 Å². The summed E-state index contributed by atoms with van der Waals surface area (Å²) in [5.41, 5.74) is 4.28. The number of aromatic nitrogens is 2. The number of carbonyl (C=O) groups excluding carboxylic acids is 8. The Bertz CT molecular complexity index is 2880. The van der Waals surface area contributed by atoms with Crippen LogP contribution in [0.3, 0.4) is 0 Å². The minimum Gasteiger partial charge on any atom is -0.463 e. The SMILES string of the molecule is Cc1cn(C2CC(N=[N+]=[N-])C(COC(=O)CCCCN3CCCN(C(=O)CCCC(=O)N4CCCN(C(=O)OC(C)(C)C)CCN(C(=O)OC(C)(C)C)CCCN(C(=O)OC(C)(C)C)CC4)CCN(C(=O)OC(C)(C)C)CCCN(C(=O)OC(C)(C)C)CC3)O2)c(=O)[nH]c1=O. The zero-order valence-electron chi connectivity index (χ0n) is 59.6. The maximum atomic E-state index is 14.5. The van der Waals surface area contributed by atoms with Crippen LogP contribution in [0.5, 0.6) is 0 Å². The highest BCUT2D eigenvalue weighted by Gasteiger charge is 2.38. The maximum absolute atomic E-state index is 14.5. The van der Waals surface area contributed by atoms with Crippen LogP contribution in [0.1, 0.15) is 186 Å². The molecule has 30 heteroatoms. The van der Waals surface area contributed by atoms with Crippen molar-refractivity contribution in [2.75, 3.05) is 118 Å². The minimum absolute atomic E-state index is 0.00423. The van der Waals surface area contributed by atoms with Crippen molar-refractivity contribution < 1.29 is 71.5 Å². The molecule has 0 bridgehead atoms. The van der Waals surface area contributed by atoms with Crippen LogP contribution in [0, 0.1) is 6.92 Å². The number of aromatic amines is 1. The van der Waals surface area contributed by atoms with Gasteiger partial charge in [-0.25, -0.2) is 28.8 Å². The van der Waals surface area contributed by atoms with Gasteiger partial charge in [-0.2, -0.15) is 0 Å². The number of aryl methyl sites for hydroxylation is 1. The van der Waals surface area contributed by atoms with Crippen LogP contribution in [0.4, 0.5) is 24.0 Å². The summed E-state index contributed by atoms with van der Waals surface area (Å²) in [5.74, 6) is -1.01. The van der Waals surface area contributed by atoms with Crippen LogP contribution in [-0.4, -0.2) is 255 Å². The molecular formula is C65H111N13O17. The van der Waals surface area contributed by atoms with E-state index in [-0.39, 0.29) is 148 Å². The zero-order valence-corrected chi connectivity index (χ0v) is 59.6. The van der Waals surface area contributed by atoms with Gasteiger partial charge in [0.2, 0.25) is 11.8 Å². The van der Waals surface area contributed by atoms with Crippen molar-refractivity contribution in [3.05, 3.63) is 43.0 Å². The lowest BCUT2D eigenvalue weighted by atomic mass is 10.1. The standard InChI is InChI=1S/C65H111N13O17/c1-47-45-78(55(83)67-54(47)82)52-44-48(68-69-66)49(90-52)46-89-53(81)26-17-18-27-70-28-20-29-71(38-40-74(57(85)92-62(5,6)7)33-22-32-73(37-36-70)56(84)91-61(2,3)4)50(79)24-19-25-51(80)72-30-21-31-76(59(87)94-64(11,12)13)42-43-77(60(88)95-65(14,15)16)35-23-34-75(41-39-72)58(86)93-63(8,9)10/h45,48-49,52H,17-44,46H2,1-16H3,(H,67,82,83). The lowest BCUT2D eigenvalue weighted by Gasteiger charge is -2.34. The van der Waals surface area contributed by atoms with E-state index in [1.807, 2.05) is 0 Å². The van der Waals surface area contributed by atoms with E-state index in [1.165, 1.54) is 25.5 Å². The molecule has 7 amide bonds. The highest BCUT2D eigenvalue weighted by molar-refractivity contribution is 5.79. The molecule has 538 valence electrons. The van der Waals surface area contributed by atoms with E-state index < -0.39 is 94.1 Å². The van der Waals surface area contributed by atoms with E-state index >= 15 is 0 Å². The predicted octanol–water partition coefficient (Wildman–Crippen LogP) is 8.43. The second kappa shape index (κ2) is 36.7. The molecular weight excluding hydrogens is 1230 g/mol. The Balaban J connectivity index is 1.52. The van der Waals surface area contributed by atoms with Crippen LogP contribution in [0.15, 0.2) is 20.9 Å². The summed E-state index contributed by atoms with van der Waals surface area (Å²) < 4.78 is 41.8. The topological polar surface area (TPSA) is 331 Å². The van der Waals surface area contributed by atoms with Gasteiger partial charge in [-0.05, 0) is 174 Å². The van der Waals surface area contributed by atoms with Crippen LogP contribution in [0.25, 0.3) is 10.4 Å². The Kier molecular flexibility index (Phi) is 30.9. The number of rotatable bonds is 13. The molecule has 3 aliphatic heterocycles. The van der Waals surface area contributed by atoms with Crippen molar-refractivity contribution in [1.29, 1.82) is 0 Å². The van der Waals surface area contributed by atoms with Gasteiger partial charge >= 0.3 is 42.1 Å². The Morgan fingerprint density at radius 1 is 0.505 bits per heavy atom. The van der Waals surface area contributed by atoms with Crippen molar-refractivity contribution in [1.82, 2.24) is 48.8 Å². The first-order valence-electron chi connectivity index (χ1n) is 33.5. The lowest BCUT2D eigenvalue weighted by molar-refractivity contribution is -0.148. The van der Waals surface area contributed by atoms with Gasteiger partial charge in [-0.3, -0.25) is 28.7 Å². The molecule has 0 spiro atoms. The molecule has 95 heavy (non-hydrogen) atoms. The molecule has 1 aromatic rings. The molecule has 4 heterocycles. The van der Waals surface area contributed by atoms with Crippen LogP contribution in [0.2, 0.25) is 0 Å². The number of hydrogen-bond donors (Lipinski definition) is 1. The van der Waals surface area contributed by atoms with Gasteiger partial charge in [0.1, 0.15) is 46.9 Å². The number of hydrogen-bond acceptors (Lipinski definition) is 19. The number of azide groups is 1. The fraction of sp³-hybridized carbons (Fsp3) is 0.815. The summed E-state index contributed by atoms with van der Waals surface area (Å²) >= 11 is 0. The zero-order chi connectivity index (χ0) is 71.1. The average molecular weight is 1350 g/mol. The molecule has 3 aliphatic rings. The van der Waals surface area contributed by atoms with Crippen molar-refractivity contribution in [3.8, 4) is 0 Å². The summed E-state index contributed by atoms with van der Waals surface area (Å²) in [7, 11) is 0. The third-order valence-electron chi connectivity index (χ3n) is 15.2. The monoisotopic (exact) mass is 1350 g/mol. The minimum atomic E-state index is -0.873. The predicted molar refractivity (Wildman–Crippen MR) is 353 cm³/mol. The van der Waals surface area contributed by atoms with Crippen LogP contribution < -0.4 is 11.2 Å². The molecule has 0 saturated carbocycles. The number of unbranched alkanes of at least 4 members (excludes halogenated alkanes) is 1. The molecule has 0 radical (unpaired) electrons. The van der Waals surface area contributed by atoms with E-state index in [9.17, 15) is 53.5 Å². The van der Waals surface area contributed by atoms with Crippen molar-refractivity contribution in [2.45, 2.75) is 228 Å². The molecule has 3 saturated heterocycles. The number of ether oxygens (including phenoxy) is 7. The number of H-pyrrole nitrogens is 1. The quantitative estimate of drug-likeness (QED) is 0.0483. The molecule has 1 N–H and O–H groups in total. The van der Waals surface area contributed by atoms with Gasteiger partial charge in [-0.1, -0.05) is 5.11 Å². The van der Waals surface area contributed by atoms with E-state index in [4.69, 9.17) is 33.2 Å². The summed E-state index contributed by atoms with van der Waals surface area (Å²) in [6.07, 6.45) is -0.397. The first kappa shape index (κ1) is 80.1. The first-order chi connectivity index (χ1) is 44.2. The number of carbonyl (C=O) groups is 8. The second-order valence-electron chi connectivity index (χ2n) is 29.5. The molecule has 3 atom stereocenters. The molecule has 0 aromatic carbocycles. The Hall–Kier alpha value is -7.33. The van der Waals surface area contributed by atoms with E-state index in [1.54, 1.807) is 130 Å². The normalized spacial score (nSPS) is 19.5. The van der Waals surface area contributed by atoms with E-state index in [0.717, 1.165) is 0 Å². The average Bonchev–Trinajstić information content (AvgIpc) is 1.71. The maximum Gasteiger partial charge on any atom is 0.410 e. The molecule has 3 unspecified atom stereocenters. The third-order valence-corrected chi connectivity index (χ3v) is 15.2. The van der Waals surface area contributed by atoms with E-state index in [2.05, 4.69) is 19.9 Å². The van der Waals surface area contributed by atoms with Crippen molar-refractivity contribution >= 4 is 48.2 Å². The molecule has 1 aromatic heterocycles. The van der Waals surface area contributed by atoms with Crippen LogP contribution >= 0.6 is 0 Å². The summed E-state index contributed by atoms with van der Waals surface area (Å²) in [6, 6.07) is -0.756. The number of nitrogens with zero attached hydrogens (tertiary/aromatic N) is 12. The van der Waals surface area contributed by atoms with Gasteiger partial charge in [-0.15, -0.1) is 0 Å². The number of amides is 7. The Morgan fingerprint density at radius 2 is 0.863 bits per heavy atom. The Labute approximate surface area is 560 Å². The number of esters is 1. The van der Waals surface area contributed by atoms with Gasteiger partial charge in [0, 0.05) is 141 Å². The number of nitrogens with one attached hydrogen (secondary N) is 1. The van der Waals surface area contributed by atoms with Crippen LogP contribution in [-0.2, 0) is 47.5 Å². The van der Waals surface area contributed by atoms with Gasteiger partial charge < -0.3 is 72.4 Å². The van der Waals surface area contributed by atoms with Gasteiger partial charge in [0.05, 0.1) is 6.04 Å². The highest BCUT2D eigenvalue weighted by Crippen LogP contribution is 2.31. The van der Waals surface area contributed by atoms with E-state index in [0.29, 0.717) is 58.2 Å². The second-order valence-corrected chi connectivity index (χ2v) is 29.5. The molecule has 3 fully saturated rings. The molecule has 4 rings (SSSR count). The summed E-state index contributed by atoms with van der Waals surface area (Å²) in [4.78, 5) is 154. The third kappa shape index (κ3) is 30.5.